The maximum Gasteiger partial charge on any atom is 0.229 e. The second-order valence-corrected chi connectivity index (χ2v) is 4.34. The van der Waals surface area contributed by atoms with E-state index in [9.17, 15) is 0 Å². The molecule has 0 unspecified atom stereocenters. The summed E-state index contributed by atoms with van der Waals surface area (Å²) < 4.78 is 5.38. The normalized spacial score (nSPS) is 10.7. The molecule has 0 atom stereocenters. The average molecular weight is 234 g/mol. The number of aryl methyl sites for hydroxylation is 1. The summed E-state index contributed by atoms with van der Waals surface area (Å²) >= 11 is 0. The van der Waals surface area contributed by atoms with Gasteiger partial charge in [0.05, 0.1) is 0 Å². The molecule has 0 aliphatic carbocycles. The standard InChI is InChI=1S/C15H10N2O/c1-9-2-3-10-5-12-6-13(8-16)15(17)18-14(12)7-11(10)4-9/h2-7,17H,1H3. The average Bonchev–Trinajstić information content (AvgIpc) is 2.35. The molecule has 3 heteroatoms. The largest absolute Gasteiger partial charge is 0.438 e. The van der Waals surface area contributed by atoms with Crippen LogP contribution >= 0.6 is 0 Å². The van der Waals surface area contributed by atoms with Crippen molar-refractivity contribution in [2.45, 2.75) is 6.92 Å². The van der Waals surface area contributed by atoms with Gasteiger partial charge in [-0.05, 0) is 35.9 Å². The Bertz CT molecular complexity index is 869. The molecule has 0 bridgehead atoms. The minimum atomic E-state index is -0.0861. The van der Waals surface area contributed by atoms with Gasteiger partial charge < -0.3 is 4.42 Å². The van der Waals surface area contributed by atoms with Crippen LogP contribution in [0.2, 0.25) is 0 Å². The fourth-order valence-corrected chi connectivity index (χ4v) is 2.08. The Hall–Kier alpha value is -2.60. The molecule has 1 heterocycles. The fourth-order valence-electron chi connectivity index (χ4n) is 2.08. The molecule has 0 aliphatic rings. The highest BCUT2D eigenvalue weighted by atomic mass is 16.3. The minimum Gasteiger partial charge on any atom is -0.438 e. The lowest BCUT2D eigenvalue weighted by molar-refractivity contribution is 0.531. The van der Waals surface area contributed by atoms with Gasteiger partial charge in [0.25, 0.3) is 0 Å². The number of fused-ring (bicyclic) bond motifs is 2. The molecule has 2 aromatic carbocycles. The molecule has 1 N–H and O–H groups in total. The molecule has 0 amide bonds. The first-order chi connectivity index (χ1) is 8.67. The fraction of sp³-hybridized carbons (Fsp3) is 0.0667. The second-order valence-electron chi connectivity index (χ2n) is 4.34. The first-order valence-corrected chi connectivity index (χ1v) is 5.60. The summed E-state index contributed by atoms with van der Waals surface area (Å²) in [5.41, 5.74) is 1.99. The molecule has 0 spiro atoms. The third kappa shape index (κ3) is 1.56. The predicted molar refractivity (Wildman–Crippen MR) is 69.0 cm³/mol. The van der Waals surface area contributed by atoms with Gasteiger partial charge >= 0.3 is 0 Å². The first kappa shape index (κ1) is 10.5. The van der Waals surface area contributed by atoms with E-state index in [1.54, 1.807) is 6.07 Å². The third-order valence-corrected chi connectivity index (χ3v) is 3.00. The van der Waals surface area contributed by atoms with Gasteiger partial charge in [-0.3, -0.25) is 5.41 Å². The van der Waals surface area contributed by atoms with Crippen molar-refractivity contribution in [3.8, 4) is 6.07 Å². The van der Waals surface area contributed by atoms with Crippen molar-refractivity contribution in [2.75, 3.05) is 0 Å². The summed E-state index contributed by atoms with van der Waals surface area (Å²) in [6, 6.07) is 13.7. The summed E-state index contributed by atoms with van der Waals surface area (Å²) in [6.45, 7) is 2.04. The number of hydrogen-bond acceptors (Lipinski definition) is 3. The quantitative estimate of drug-likeness (QED) is 0.607. The lowest BCUT2D eigenvalue weighted by Crippen LogP contribution is -2.03. The minimum absolute atomic E-state index is 0.0861. The van der Waals surface area contributed by atoms with E-state index >= 15 is 0 Å². The molecule has 1 aromatic heterocycles. The van der Waals surface area contributed by atoms with Crippen molar-refractivity contribution in [3.05, 3.63) is 53.1 Å². The Kier molecular flexibility index (Phi) is 2.17. The predicted octanol–water partition coefficient (Wildman–Crippen LogP) is 3.25. The number of benzene rings is 2. The van der Waals surface area contributed by atoms with Gasteiger partial charge in [-0.25, -0.2) is 0 Å². The van der Waals surface area contributed by atoms with Crippen LogP contribution in [0.3, 0.4) is 0 Å². The Labute approximate surface area is 103 Å². The smallest absolute Gasteiger partial charge is 0.229 e. The van der Waals surface area contributed by atoms with Crippen molar-refractivity contribution in [2.24, 2.45) is 0 Å². The molecule has 3 aromatic rings. The number of nitrogens with one attached hydrogen (secondary N) is 1. The SMILES string of the molecule is Cc1ccc2cc3cc(C#N)c(=N)oc3cc2c1. The van der Waals surface area contributed by atoms with E-state index in [2.05, 4.69) is 12.1 Å². The van der Waals surface area contributed by atoms with Crippen LogP contribution < -0.4 is 5.55 Å². The molecule has 0 radical (unpaired) electrons. The third-order valence-electron chi connectivity index (χ3n) is 3.00. The van der Waals surface area contributed by atoms with Crippen LogP contribution in [0.1, 0.15) is 11.1 Å². The van der Waals surface area contributed by atoms with Crippen molar-refractivity contribution >= 4 is 21.7 Å². The highest BCUT2D eigenvalue weighted by Gasteiger charge is 2.04. The van der Waals surface area contributed by atoms with Crippen LogP contribution in [0.25, 0.3) is 21.7 Å². The number of rotatable bonds is 0. The molecule has 0 aliphatic heterocycles. The van der Waals surface area contributed by atoms with Crippen LogP contribution in [0.15, 0.2) is 40.8 Å². The first-order valence-electron chi connectivity index (χ1n) is 5.60. The number of nitriles is 1. The summed E-state index contributed by atoms with van der Waals surface area (Å²) in [6.07, 6.45) is 0. The van der Waals surface area contributed by atoms with Gasteiger partial charge in [0, 0.05) is 5.39 Å². The lowest BCUT2D eigenvalue weighted by Gasteiger charge is -2.03. The summed E-state index contributed by atoms with van der Waals surface area (Å²) in [5, 5.41) is 19.5. The molecule has 3 rings (SSSR count). The van der Waals surface area contributed by atoms with Crippen molar-refractivity contribution < 1.29 is 4.42 Å². The van der Waals surface area contributed by atoms with Crippen LogP contribution in [0, 0.1) is 23.7 Å². The zero-order chi connectivity index (χ0) is 12.7. The van der Waals surface area contributed by atoms with E-state index in [4.69, 9.17) is 15.1 Å². The molecule has 0 saturated heterocycles. The van der Waals surface area contributed by atoms with E-state index in [0.717, 1.165) is 16.2 Å². The van der Waals surface area contributed by atoms with Crippen LogP contribution in [0.5, 0.6) is 0 Å². The van der Waals surface area contributed by atoms with Crippen LogP contribution in [0.4, 0.5) is 0 Å². The summed E-state index contributed by atoms with van der Waals surface area (Å²) in [7, 11) is 0. The van der Waals surface area contributed by atoms with Gasteiger partial charge in [-0.2, -0.15) is 5.26 Å². The van der Waals surface area contributed by atoms with Gasteiger partial charge in [0.15, 0.2) is 0 Å². The van der Waals surface area contributed by atoms with E-state index in [1.165, 1.54) is 5.56 Å². The van der Waals surface area contributed by atoms with Crippen molar-refractivity contribution in [1.82, 2.24) is 0 Å². The van der Waals surface area contributed by atoms with Gasteiger partial charge in [0.1, 0.15) is 17.2 Å². The Morgan fingerprint density at radius 2 is 1.89 bits per heavy atom. The molecule has 86 valence electrons. The highest BCUT2D eigenvalue weighted by Crippen LogP contribution is 2.23. The van der Waals surface area contributed by atoms with Crippen molar-refractivity contribution in [3.63, 3.8) is 0 Å². The lowest BCUT2D eigenvalue weighted by atomic mass is 10.0. The monoisotopic (exact) mass is 234 g/mol. The molecule has 0 saturated carbocycles. The molecule has 0 fully saturated rings. The van der Waals surface area contributed by atoms with Crippen molar-refractivity contribution in [1.29, 1.82) is 10.7 Å². The number of nitrogens with zero attached hydrogens (tertiary/aromatic N) is 1. The molecule has 18 heavy (non-hydrogen) atoms. The maximum atomic E-state index is 8.90. The molecular weight excluding hydrogens is 224 g/mol. The Morgan fingerprint density at radius 3 is 2.67 bits per heavy atom. The molecular formula is C15H10N2O. The summed E-state index contributed by atoms with van der Waals surface area (Å²) in [5.74, 6) is 0. The maximum absolute atomic E-state index is 8.90. The van der Waals surface area contributed by atoms with Gasteiger partial charge in [-0.1, -0.05) is 23.8 Å². The zero-order valence-corrected chi connectivity index (χ0v) is 9.82. The molecule has 3 nitrogen and oxygen atoms in total. The van der Waals surface area contributed by atoms with Gasteiger partial charge in [-0.15, -0.1) is 0 Å². The van der Waals surface area contributed by atoms with E-state index in [-0.39, 0.29) is 11.1 Å². The summed E-state index contributed by atoms with van der Waals surface area (Å²) in [4.78, 5) is 0. The van der Waals surface area contributed by atoms with E-state index < -0.39 is 0 Å². The van der Waals surface area contributed by atoms with E-state index in [1.807, 2.05) is 31.2 Å². The number of hydrogen-bond donors (Lipinski definition) is 1. The second kappa shape index (κ2) is 3.71. The van der Waals surface area contributed by atoms with Crippen LogP contribution in [-0.2, 0) is 0 Å². The van der Waals surface area contributed by atoms with Gasteiger partial charge in [0.2, 0.25) is 5.55 Å². The topological polar surface area (TPSA) is 60.8 Å². The van der Waals surface area contributed by atoms with Crippen LogP contribution in [-0.4, -0.2) is 0 Å². The Balaban J connectivity index is 2.46. The van der Waals surface area contributed by atoms with E-state index in [0.29, 0.717) is 5.58 Å². The highest BCUT2D eigenvalue weighted by molar-refractivity contribution is 5.96. The Morgan fingerprint density at radius 1 is 1.06 bits per heavy atom. The zero-order valence-electron chi connectivity index (χ0n) is 9.82.